The van der Waals surface area contributed by atoms with Gasteiger partial charge in [0.1, 0.15) is 20.7 Å². The second-order valence-electron chi connectivity index (χ2n) is 4.98. The van der Waals surface area contributed by atoms with Crippen molar-refractivity contribution in [2.24, 2.45) is 10.2 Å². The second-order valence-corrected chi connectivity index (χ2v) is 6.29. The van der Waals surface area contributed by atoms with Crippen LogP contribution in [0.5, 0.6) is 5.75 Å². The van der Waals surface area contributed by atoms with Gasteiger partial charge < -0.3 is 15.4 Å². The molecule has 0 radical (unpaired) electrons. The number of hydrogen-bond donors (Lipinski definition) is 2. The Morgan fingerprint density at radius 2 is 1.48 bits per heavy atom. The van der Waals surface area contributed by atoms with Gasteiger partial charge in [-0.3, -0.25) is 0 Å². The number of phenolic OH excluding ortho intramolecular Hbond substituents is 1. The van der Waals surface area contributed by atoms with Gasteiger partial charge in [0.25, 0.3) is 0 Å². The molecule has 3 N–H and O–H groups in total. The first-order valence-electron chi connectivity index (χ1n) is 6.85. The molecule has 0 aliphatic heterocycles. The normalized spacial score (nSPS) is 11.6. The van der Waals surface area contributed by atoms with Gasteiger partial charge in [0.05, 0.1) is 11.4 Å². The number of nitrogen functional groups attached to an aromatic ring is 1. The summed E-state index contributed by atoms with van der Waals surface area (Å²) in [6.45, 7) is 0. The summed E-state index contributed by atoms with van der Waals surface area (Å²) in [5, 5.41) is 18.6. The zero-order valence-electron chi connectivity index (χ0n) is 13.2. The van der Waals surface area contributed by atoms with Crippen molar-refractivity contribution in [1.29, 1.82) is 0 Å². The number of nitrogens with zero attached hydrogens (tertiary/aromatic N) is 2. The summed E-state index contributed by atoms with van der Waals surface area (Å²) in [5.74, 6) is -0.464. The third-order valence-corrected chi connectivity index (χ3v) is 4.34. The Hall–Kier alpha value is -1.97. The molecule has 0 bridgehead atoms. The smallest absolute Gasteiger partial charge is 0.744 e. The number of hydrogen-bond acceptors (Lipinski definition) is 7. The quantitative estimate of drug-likeness (QED) is 0.229. The summed E-state index contributed by atoms with van der Waals surface area (Å²) >= 11 is 0. The van der Waals surface area contributed by atoms with Crippen molar-refractivity contribution in [2.75, 3.05) is 5.73 Å². The summed E-state index contributed by atoms with van der Waals surface area (Å²) in [4.78, 5) is -0.779. The Balaban J connectivity index is 0.00000225. The molecule has 0 aliphatic carbocycles. The molecule has 0 heterocycles. The van der Waals surface area contributed by atoms with Crippen molar-refractivity contribution >= 4 is 38.0 Å². The van der Waals surface area contributed by atoms with Gasteiger partial charge in [-0.2, -0.15) is 5.11 Å². The van der Waals surface area contributed by atoms with Gasteiger partial charge in [-0.15, -0.1) is 5.11 Å². The van der Waals surface area contributed by atoms with Crippen LogP contribution in [-0.2, 0) is 10.1 Å². The molecule has 0 saturated heterocycles. The Labute approximate surface area is 166 Å². The average molecular weight is 365 g/mol. The fraction of sp³-hybridized carbons (Fsp3) is 0. The summed E-state index contributed by atoms with van der Waals surface area (Å²) in [7, 11) is -4.97. The molecule has 0 unspecified atom stereocenters. The first kappa shape index (κ1) is 19.4. The van der Waals surface area contributed by atoms with Crippen LogP contribution in [0.25, 0.3) is 10.8 Å². The van der Waals surface area contributed by atoms with Gasteiger partial charge in [-0.1, -0.05) is 42.5 Å². The third-order valence-electron chi connectivity index (χ3n) is 3.43. The number of rotatable bonds is 3. The fourth-order valence-corrected chi connectivity index (χ4v) is 3.11. The van der Waals surface area contributed by atoms with Crippen LogP contribution in [-0.4, -0.2) is 18.1 Å². The van der Waals surface area contributed by atoms with E-state index in [1.165, 1.54) is 6.07 Å². The molecule has 3 rings (SSSR count). The maximum atomic E-state index is 11.6. The Morgan fingerprint density at radius 1 is 0.920 bits per heavy atom. The number of azo groups is 1. The van der Waals surface area contributed by atoms with Crippen molar-refractivity contribution < 1.29 is 47.6 Å². The molecule has 0 saturated carbocycles. The van der Waals surface area contributed by atoms with Crippen LogP contribution in [0.4, 0.5) is 17.1 Å². The third kappa shape index (κ3) is 3.83. The van der Waals surface area contributed by atoms with Gasteiger partial charge in [0.15, 0.2) is 5.75 Å². The van der Waals surface area contributed by atoms with E-state index in [2.05, 4.69) is 10.2 Å². The number of nitrogens with two attached hydrogens (primary N) is 1. The minimum atomic E-state index is -4.97. The van der Waals surface area contributed by atoms with Crippen molar-refractivity contribution in [3.8, 4) is 5.75 Å². The maximum Gasteiger partial charge on any atom is 1.00 e. The molecule has 0 aliphatic rings. The van der Waals surface area contributed by atoms with Crippen LogP contribution < -0.4 is 35.3 Å². The molecular formula is C16H12N3NaO4S. The zero-order valence-corrected chi connectivity index (χ0v) is 16.1. The van der Waals surface area contributed by atoms with E-state index in [0.29, 0.717) is 5.69 Å². The van der Waals surface area contributed by atoms with Crippen LogP contribution in [0.3, 0.4) is 0 Å². The van der Waals surface area contributed by atoms with E-state index >= 15 is 0 Å². The van der Waals surface area contributed by atoms with Gasteiger partial charge in [0.2, 0.25) is 0 Å². The van der Waals surface area contributed by atoms with E-state index in [-0.39, 0.29) is 46.0 Å². The van der Waals surface area contributed by atoms with Crippen molar-refractivity contribution in [3.05, 3.63) is 54.6 Å². The number of phenols is 1. The van der Waals surface area contributed by atoms with Gasteiger partial charge in [0, 0.05) is 10.8 Å². The van der Waals surface area contributed by atoms with Crippen molar-refractivity contribution in [2.45, 2.75) is 4.90 Å². The Morgan fingerprint density at radius 3 is 2.08 bits per heavy atom. The van der Waals surface area contributed by atoms with E-state index in [0.717, 1.165) is 0 Å². The first-order chi connectivity index (χ1) is 11.4. The predicted molar refractivity (Wildman–Crippen MR) is 88.6 cm³/mol. The van der Waals surface area contributed by atoms with E-state index in [9.17, 15) is 18.1 Å². The van der Waals surface area contributed by atoms with E-state index < -0.39 is 26.5 Å². The van der Waals surface area contributed by atoms with Crippen LogP contribution in [0.2, 0.25) is 0 Å². The number of fused-ring (bicyclic) bond motifs is 1. The standard InChI is InChI=1S/C16H13N3O4S.Na/c17-13-11-8-4-5-9-12(11)15(20)14(16(13)24(21,22)23)19-18-10-6-2-1-3-7-10;/h1-9,20H,17H2,(H,21,22,23);/q;+1/p-1. The summed E-state index contributed by atoms with van der Waals surface area (Å²) in [6.07, 6.45) is 0. The Bertz CT molecular complexity index is 1050. The van der Waals surface area contributed by atoms with Gasteiger partial charge >= 0.3 is 29.6 Å². The summed E-state index contributed by atoms with van der Waals surface area (Å²) < 4.78 is 34.9. The van der Waals surface area contributed by atoms with Crippen molar-refractivity contribution in [3.63, 3.8) is 0 Å². The largest absolute Gasteiger partial charge is 1.00 e. The fourth-order valence-electron chi connectivity index (χ4n) is 2.36. The van der Waals surface area contributed by atoms with Crippen molar-refractivity contribution in [1.82, 2.24) is 0 Å². The molecular weight excluding hydrogens is 353 g/mol. The molecule has 7 nitrogen and oxygen atoms in total. The summed E-state index contributed by atoms with van der Waals surface area (Å²) in [6, 6.07) is 14.8. The van der Waals surface area contributed by atoms with E-state index in [1.54, 1.807) is 48.5 Å². The topological polar surface area (TPSA) is 128 Å². The minimum Gasteiger partial charge on any atom is -0.744 e. The number of aromatic hydroxyl groups is 1. The zero-order chi connectivity index (χ0) is 17.3. The van der Waals surface area contributed by atoms with Crippen LogP contribution in [0.15, 0.2) is 69.7 Å². The summed E-state index contributed by atoms with van der Waals surface area (Å²) in [5.41, 5.74) is 5.55. The van der Waals surface area contributed by atoms with Gasteiger partial charge in [-0.05, 0) is 12.1 Å². The second kappa shape index (κ2) is 7.51. The van der Waals surface area contributed by atoms with Crippen LogP contribution >= 0.6 is 0 Å². The SMILES string of the molecule is Nc1c(S(=O)(=O)[O-])c(N=Nc2ccccc2)c(O)c2ccccc12.[Na+]. The molecule has 0 amide bonds. The molecule has 9 heteroatoms. The molecule has 3 aromatic rings. The van der Waals surface area contributed by atoms with Gasteiger partial charge in [-0.25, -0.2) is 8.42 Å². The van der Waals surface area contributed by atoms with E-state index in [4.69, 9.17) is 5.73 Å². The molecule has 0 atom stereocenters. The maximum absolute atomic E-state index is 11.6. The molecule has 0 fully saturated rings. The molecule has 25 heavy (non-hydrogen) atoms. The number of anilines is 1. The van der Waals surface area contributed by atoms with E-state index in [1.807, 2.05) is 0 Å². The minimum absolute atomic E-state index is 0. The predicted octanol–water partition coefficient (Wildman–Crippen LogP) is 0.451. The number of benzene rings is 3. The van der Waals surface area contributed by atoms with Crippen LogP contribution in [0.1, 0.15) is 0 Å². The molecule has 0 aromatic heterocycles. The average Bonchev–Trinajstić information content (AvgIpc) is 2.56. The molecule has 3 aromatic carbocycles. The molecule has 0 spiro atoms. The first-order valence-corrected chi connectivity index (χ1v) is 8.26. The molecule has 122 valence electrons. The monoisotopic (exact) mass is 365 g/mol. The van der Waals surface area contributed by atoms with Crippen LogP contribution in [0, 0.1) is 0 Å². The Kier molecular flexibility index (Phi) is 5.81.